The molecule has 1 aliphatic rings. The van der Waals surface area contributed by atoms with Crippen molar-refractivity contribution in [2.24, 2.45) is 5.92 Å². The maximum atomic E-state index is 14.2. The average molecular weight is 607 g/mol. The van der Waals surface area contributed by atoms with E-state index in [2.05, 4.69) is 10.6 Å². The number of carboxylic acid groups (broad SMARTS) is 1. The molecule has 42 heavy (non-hydrogen) atoms. The number of unbranched alkanes of at least 4 members (excludes halogenated alkanes) is 1. The zero-order chi connectivity index (χ0) is 29.9. The van der Waals surface area contributed by atoms with Gasteiger partial charge in [-0.05, 0) is 54.9 Å². The molecule has 4 unspecified atom stereocenters. The zero-order valence-corrected chi connectivity index (χ0v) is 25.7. The van der Waals surface area contributed by atoms with Crippen molar-refractivity contribution in [3.63, 3.8) is 0 Å². The summed E-state index contributed by atoms with van der Waals surface area (Å²) in [4.78, 5) is 26.1. The molecule has 10 heteroatoms. The summed E-state index contributed by atoms with van der Waals surface area (Å²) in [6, 6.07) is 16.3. The molecule has 224 valence electrons. The first-order valence-corrected chi connectivity index (χ1v) is 17.2. The second-order valence-electron chi connectivity index (χ2n) is 10.4. The number of sulfone groups is 1. The number of carbonyl (C=O) groups is 2. The van der Waals surface area contributed by atoms with Crippen LogP contribution < -0.4 is 10.6 Å². The molecule has 0 heterocycles. The normalized spacial score (nSPS) is 19.5. The quantitative estimate of drug-likeness (QED) is 0.248. The topological polar surface area (TPSA) is 113 Å². The number of rotatable bonds is 16. The molecular weight excluding hydrogens is 563 g/mol. The second-order valence-corrected chi connectivity index (χ2v) is 13.6. The Balaban J connectivity index is 0.00000616. The van der Waals surface area contributed by atoms with E-state index in [1.165, 1.54) is 11.8 Å². The molecule has 4 atom stereocenters. The number of allylic oxidation sites excluding steroid dienone is 2. The van der Waals surface area contributed by atoms with Gasteiger partial charge < -0.3 is 10.4 Å². The Morgan fingerprint density at radius 2 is 1.76 bits per heavy atom. The number of amides is 1. The predicted molar refractivity (Wildman–Crippen MR) is 175 cm³/mol. The summed E-state index contributed by atoms with van der Waals surface area (Å²) in [5.41, 5.74) is 1.33. The van der Waals surface area contributed by atoms with Crippen LogP contribution in [0.4, 0.5) is 0 Å². The average Bonchev–Trinajstić information content (AvgIpc) is 2.96. The van der Waals surface area contributed by atoms with Gasteiger partial charge in [0, 0.05) is 6.54 Å². The van der Waals surface area contributed by atoms with E-state index in [-0.39, 0.29) is 31.0 Å². The number of carboxylic acids is 1. The fraction of sp³-hybridized carbons (Fsp3) is 0.438. The van der Waals surface area contributed by atoms with Crippen LogP contribution in [0.1, 0.15) is 42.9 Å². The summed E-state index contributed by atoms with van der Waals surface area (Å²) in [7, 11) is -3.78. The van der Waals surface area contributed by atoms with Crippen molar-refractivity contribution in [3.8, 4) is 0 Å². The summed E-state index contributed by atoms with van der Waals surface area (Å²) in [6.45, 7) is 4.24. The number of aryl methyl sites for hydroxylation is 1. The van der Waals surface area contributed by atoms with Crippen molar-refractivity contribution < 1.29 is 23.1 Å². The Morgan fingerprint density at radius 3 is 2.40 bits per heavy atom. The van der Waals surface area contributed by atoms with E-state index in [0.29, 0.717) is 37.1 Å². The Hall–Kier alpha value is -2.28. The molecule has 0 bridgehead atoms. The van der Waals surface area contributed by atoms with Gasteiger partial charge in [0.05, 0.1) is 17.1 Å². The van der Waals surface area contributed by atoms with Gasteiger partial charge in [0.15, 0.2) is 9.84 Å². The minimum atomic E-state index is -3.78. The van der Waals surface area contributed by atoms with Crippen LogP contribution in [0, 0.1) is 12.8 Å². The van der Waals surface area contributed by atoms with Gasteiger partial charge in [-0.2, -0.15) is 11.8 Å². The van der Waals surface area contributed by atoms with Gasteiger partial charge in [-0.15, -0.1) is 0 Å². The summed E-state index contributed by atoms with van der Waals surface area (Å²) < 4.78 is 28.4. The van der Waals surface area contributed by atoms with Crippen LogP contribution in [0.2, 0.25) is 0 Å². The third-order valence-corrected chi connectivity index (χ3v) is 10.4. The Bertz CT molecular complexity index is 1330. The van der Waals surface area contributed by atoms with Gasteiger partial charge in [-0.3, -0.25) is 10.1 Å². The van der Waals surface area contributed by atoms with Crippen molar-refractivity contribution in [2.75, 3.05) is 24.3 Å². The van der Waals surface area contributed by atoms with E-state index in [4.69, 9.17) is 0 Å². The molecule has 3 rings (SSSR count). The van der Waals surface area contributed by atoms with E-state index >= 15 is 0 Å². The van der Waals surface area contributed by atoms with Gasteiger partial charge >= 0.3 is 24.8 Å². The van der Waals surface area contributed by atoms with Gasteiger partial charge in [0.2, 0.25) is 5.91 Å². The first-order valence-electron chi connectivity index (χ1n) is 14.1. The number of nitrogens with one attached hydrogen (secondary N) is 2. The van der Waals surface area contributed by atoms with Crippen LogP contribution in [-0.4, -0.2) is 80.0 Å². The van der Waals surface area contributed by atoms with E-state index in [0.717, 1.165) is 11.1 Å². The van der Waals surface area contributed by atoms with Crippen LogP contribution in [0.5, 0.6) is 0 Å². The van der Waals surface area contributed by atoms with Crippen LogP contribution in [0.3, 0.4) is 0 Å². The molecule has 0 aromatic heterocycles. The SMILES string of the molecule is CCCCS(=O)(=O)C(NCCc1ccccc1)C1(c2ccccc2C)C=CC=CC1C(=O)NC(CCSC)C(=O)O.[LiH]. The number of hydrogen-bond donors (Lipinski definition) is 3. The van der Waals surface area contributed by atoms with Crippen molar-refractivity contribution in [1.82, 2.24) is 10.6 Å². The second kappa shape index (κ2) is 17.1. The molecular formula is C32H43LiN2O5S2. The predicted octanol–water partition coefficient (Wildman–Crippen LogP) is 4.02. The zero-order valence-electron chi connectivity index (χ0n) is 24.1. The molecule has 0 aliphatic heterocycles. The molecule has 0 saturated carbocycles. The fourth-order valence-electron chi connectivity index (χ4n) is 5.47. The molecule has 0 radical (unpaired) electrons. The molecule has 3 N–H and O–H groups in total. The van der Waals surface area contributed by atoms with Crippen molar-refractivity contribution >= 4 is 52.3 Å². The summed E-state index contributed by atoms with van der Waals surface area (Å²) in [6.07, 6.45) is 11.0. The van der Waals surface area contributed by atoms with Crippen molar-refractivity contribution in [1.29, 1.82) is 0 Å². The fourth-order valence-corrected chi connectivity index (χ4v) is 8.18. The summed E-state index contributed by atoms with van der Waals surface area (Å²) in [5, 5.41) is 14.8. The Kier molecular flexibility index (Phi) is 14.6. The first kappa shape index (κ1) is 35.9. The van der Waals surface area contributed by atoms with Crippen LogP contribution in [0.15, 0.2) is 78.9 Å². The third-order valence-electron chi connectivity index (χ3n) is 7.58. The summed E-state index contributed by atoms with van der Waals surface area (Å²) in [5.74, 6) is -2.05. The number of thioether (sulfide) groups is 1. The number of aliphatic carboxylic acids is 1. The van der Waals surface area contributed by atoms with Gasteiger partial charge in [-0.1, -0.05) is 92.2 Å². The molecule has 0 saturated heterocycles. The minimum absolute atomic E-state index is 0. The first-order chi connectivity index (χ1) is 19.7. The third kappa shape index (κ3) is 8.87. The van der Waals surface area contributed by atoms with Crippen LogP contribution in [0.25, 0.3) is 0 Å². The van der Waals surface area contributed by atoms with Crippen LogP contribution in [-0.2, 0) is 31.3 Å². The molecule has 0 fully saturated rings. The van der Waals surface area contributed by atoms with Gasteiger partial charge in [-0.25, -0.2) is 13.2 Å². The molecule has 1 aliphatic carbocycles. The van der Waals surface area contributed by atoms with E-state index in [1.54, 1.807) is 18.2 Å². The number of benzene rings is 2. The van der Waals surface area contributed by atoms with Crippen molar-refractivity contribution in [2.45, 2.75) is 56.4 Å². The molecule has 7 nitrogen and oxygen atoms in total. The standard InChI is InChI=1S/C32H42N2O5S2.Li.H/c1-4-5-23-41(38,39)31(33-21-18-25-14-7-6-8-15-25)32(26-16-10-9-13-24(26)2)20-12-11-17-27(32)29(35)34-28(30(36)37)19-22-40-3;;/h6-17,20,27-28,31,33H,4-5,18-19,21-23H2,1-3H3,(H,34,35)(H,36,37);;. The van der Waals surface area contributed by atoms with E-state index in [9.17, 15) is 23.1 Å². The van der Waals surface area contributed by atoms with Gasteiger partial charge in [0.25, 0.3) is 0 Å². The van der Waals surface area contributed by atoms with Crippen LogP contribution >= 0.6 is 11.8 Å². The molecule has 1 amide bonds. The number of hydrogen-bond acceptors (Lipinski definition) is 6. The van der Waals surface area contributed by atoms with E-state index < -0.39 is 44.5 Å². The van der Waals surface area contributed by atoms with Crippen molar-refractivity contribution in [3.05, 3.63) is 95.6 Å². The molecule has 2 aromatic carbocycles. The Labute approximate surface area is 267 Å². The monoisotopic (exact) mass is 606 g/mol. The molecule has 0 spiro atoms. The Morgan fingerprint density at radius 1 is 1.07 bits per heavy atom. The maximum absolute atomic E-state index is 14.2. The van der Waals surface area contributed by atoms with Gasteiger partial charge in [0.1, 0.15) is 11.4 Å². The molecule has 2 aromatic rings. The summed E-state index contributed by atoms with van der Waals surface area (Å²) >= 11 is 1.50. The number of carbonyl (C=O) groups excluding carboxylic acids is 1. The van der Waals surface area contributed by atoms with E-state index in [1.807, 2.05) is 80.8 Å².